The van der Waals surface area contributed by atoms with E-state index in [1.165, 1.54) is 0 Å². The van der Waals surface area contributed by atoms with Gasteiger partial charge in [-0.2, -0.15) is 0 Å². The van der Waals surface area contributed by atoms with Crippen LogP contribution in [0.3, 0.4) is 0 Å². The third-order valence-electron chi connectivity index (χ3n) is 3.74. The zero-order chi connectivity index (χ0) is 13.0. The molecule has 2 saturated heterocycles. The first kappa shape index (κ1) is 13.1. The third kappa shape index (κ3) is 3.13. The van der Waals surface area contributed by atoms with Gasteiger partial charge < -0.3 is 19.9 Å². The van der Waals surface area contributed by atoms with Gasteiger partial charge in [-0.1, -0.05) is 0 Å². The van der Waals surface area contributed by atoms with Crippen molar-refractivity contribution in [3.8, 4) is 0 Å². The summed E-state index contributed by atoms with van der Waals surface area (Å²) in [6.07, 6.45) is 1.61. The molecular weight excluding hydrogens is 234 g/mol. The minimum absolute atomic E-state index is 0.151. The van der Waals surface area contributed by atoms with Crippen LogP contribution in [0.15, 0.2) is 0 Å². The van der Waals surface area contributed by atoms with Crippen LogP contribution < -0.4 is 5.32 Å². The lowest BCUT2D eigenvalue weighted by atomic mass is 9.96. The second-order valence-corrected chi connectivity index (χ2v) is 4.83. The summed E-state index contributed by atoms with van der Waals surface area (Å²) in [6, 6.07) is 0. The number of ether oxygens (including phenoxy) is 1. The maximum Gasteiger partial charge on any atom is 0.409 e. The van der Waals surface area contributed by atoms with E-state index in [4.69, 9.17) is 4.74 Å². The Morgan fingerprint density at radius 2 is 2.06 bits per heavy atom. The molecule has 1 N–H and O–H groups in total. The van der Waals surface area contributed by atoms with Gasteiger partial charge in [0.15, 0.2) is 0 Å². The Morgan fingerprint density at radius 1 is 1.33 bits per heavy atom. The second-order valence-electron chi connectivity index (χ2n) is 4.83. The summed E-state index contributed by atoms with van der Waals surface area (Å²) in [7, 11) is 1.69. The summed E-state index contributed by atoms with van der Waals surface area (Å²) >= 11 is 0. The molecule has 0 spiro atoms. The van der Waals surface area contributed by atoms with Crippen LogP contribution >= 0.6 is 0 Å². The molecule has 2 aliphatic heterocycles. The van der Waals surface area contributed by atoms with Gasteiger partial charge in [0.2, 0.25) is 5.91 Å². The summed E-state index contributed by atoms with van der Waals surface area (Å²) in [5.74, 6) is 0.306. The number of piperidine rings is 1. The fourth-order valence-corrected chi connectivity index (χ4v) is 2.51. The molecule has 6 nitrogen and oxygen atoms in total. The van der Waals surface area contributed by atoms with Gasteiger partial charge in [0.05, 0.1) is 6.54 Å². The van der Waals surface area contributed by atoms with Crippen LogP contribution in [0.25, 0.3) is 0 Å². The average molecular weight is 255 g/mol. The number of hydrogen-bond acceptors (Lipinski definition) is 4. The van der Waals surface area contributed by atoms with E-state index in [9.17, 15) is 9.59 Å². The number of carbonyl (C=O) groups excluding carboxylic acids is 2. The lowest BCUT2D eigenvalue weighted by Crippen LogP contribution is -2.42. The Balaban J connectivity index is 1.67. The fraction of sp³-hybridized carbons (Fsp3) is 0.833. The number of rotatable bonds is 4. The molecule has 0 unspecified atom stereocenters. The van der Waals surface area contributed by atoms with Gasteiger partial charge in [-0.15, -0.1) is 0 Å². The molecule has 0 aromatic rings. The molecule has 0 aromatic heterocycles. The number of likely N-dealkylation sites (tertiary alicyclic amines) is 1. The van der Waals surface area contributed by atoms with E-state index in [0.717, 1.165) is 39.0 Å². The Hall–Kier alpha value is -1.30. The van der Waals surface area contributed by atoms with Crippen LogP contribution in [0.4, 0.5) is 4.79 Å². The van der Waals surface area contributed by atoms with Crippen molar-refractivity contribution in [1.29, 1.82) is 0 Å². The van der Waals surface area contributed by atoms with Crippen LogP contribution in [0.1, 0.15) is 12.8 Å². The molecule has 0 aromatic carbocycles. The smallest absolute Gasteiger partial charge is 0.409 e. The van der Waals surface area contributed by atoms with E-state index in [1.54, 1.807) is 11.9 Å². The Labute approximate surface area is 107 Å². The summed E-state index contributed by atoms with van der Waals surface area (Å²) in [6.45, 7) is 4.67. The largest absolute Gasteiger partial charge is 0.448 e. The molecule has 2 fully saturated rings. The first-order chi connectivity index (χ1) is 8.70. The van der Waals surface area contributed by atoms with Gasteiger partial charge >= 0.3 is 6.09 Å². The van der Waals surface area contributed by atoms with Gasteiger partial charge in [0, 0.05) is 26.1 Å². The molecule has 2 amide bonds. The van der Waals surface area contributed by atoms with Crippen LogP contribution in [0.2, 0.25) is 0 Å². The van der Waals surface area contributed by atoms with Crippen molar-refractivity contribution in [2.45, 2.75) is 12.8 Å². The van der Waals surface area contributed by atoms with Crippen LogP contribution in [0, 0.1) is 5.92 Å². The van der Waals surface area contributed by atoms with Gasteiger partial charge in [-0.3, -0.25) is 4.79 Å². The van der Waals surface area contributed by atoms with E-state index in [2.05, 4.69) is 10.2 Å². The van der Waals surface area contributed by atoms with Crippen molar-refractivity contribution in [2.75, 3.05) is 46.4 Å². The standard InChI is InChI=1S/C12H21N3O3/c1-13-11(16)10-2-4-14(5-3-10)6-7-15-8-9-18-12(15)17/h10H,2-9H2,1H3,(H,13,16). The number of amides is 2. The lowest BCUT2D eigenvalue weighted by molar-refractivity contribution is -0.125. The SMILES string of the molecule is CNC(=O)C1CCN(CCN2CCOC2=O)CC1. The fourth-order valence-electron chi connectivity index (χ4n) is 2.51. The molecule has 6 heteroatoms. The van der Waals surface area contributed by atoms with E-state index in [1.807, 2.05) is 0 Å². The highest BCUT2D eigenvalue weighted by Crippen LogP contribution is 2.17. The van der Waals surface area contributed by atoms with Crippen molar-refractivity contribution < 1.29 is 14.3 Å². The molecule has 2 rings (SSSR count). The summed E-state index contributed by atoms with van der Waals surface area (Å²) in [4.78, 5) is 26.8. The Morgan fingerprint density at radius 3 is 2.61 bits per heavy atom. The zero-order valence-corrected chi connectivity index (χ0v) is 10.9. The minimum Gasteiger partial charge on any atom is -0.448 e. The predicted molar refractivity (Wildman–Crippen MR) is 66.2 cm³/mol. The minimum atomic E-state index is -0.199. The summed E-state index contributed by atoms with van der Waals surface area (Å²) in [5.41, 5.74) is 0. The number of nitrogens with one attached hydrogen (secondary N) is 1. The topological polar surface area (TPSA) is 61.9 Å². The normalized spacial score (nSPS) is 22.1. The van der Waals surface area contributed by atoms with E-state index < -0.39 is 0 Å². The highest BCUT2D eigenvalue weighted by atomic mass is 16.6. The molecule has 102 valence electrons. The zero-order valence-electron chi connectivity index (χ0n) is 10.9. The van der Waals surface area contributed by atoms with Crippen molar-refractivity contribution in [2.24, 2.45) is 5.92 Å². The monoisotopic (exact) mass is 255 g/mol. The number of cyclic esters (lactones) is 1. The first-order valence-corrected chi connectivity index (χ1v) is 6.56. The molecule has 0 radical (unpaired) electrons. The number of nitrogens with zero attached hydrogens (tertiary/aromatic N) is 2. The summed E-state index contributed by atoms with van der Waals surface area (Å²) < 4.78 is 4.88. The first-order valence-electron chi connectivity index (χ1n) is 6.56. The summed E-state index contributed by atoms with van der Waals surface area (Å²) in [5, 5.41) is 2.71. The third-order valence-corrected chi connectivity index (χ3v) is 3.74. The van der Waals surface area contributed by atoms with Crippen LogP contribution in [-0.2, 0) is 9.53 Å². The molecule has 2 heterocycles. The van der Waals surface area contributed by atoms with Crippen LogP contribution in [-0.4, -0.2) is 68.2 Å². The van der Waals surface area contributed by atoms with Gasteiger partial charge in [0.25, 0.3) is 0 Å². The molecule has 0 aliphatic carbocycles. The average Bonchev–Trinajstić information content (AvgIpc) is 2.81. The molecular formula is C12H21N3O3. The van der Waals surface area contributed by atoms with E-state index in [-0.39, 0.29) is 17.9 Å². The quantitative estimate of drug-likeness (QED) is 0.762. The maximum atomic E-state index is 11.5. The number of hydrogen-bond donors (Lipinski definition) is 1. The van der Waals surface area contributed by atoms with E-state index >= 15 is 0 Å². The predicted octanol–water partition coefficient (Wildman–Crippen LogP) is -0.103. The molecule has 2 aliphatic rings. The van der Waals surface area contributed by atoms with Crippen molar-refractivity contribution >= 4 is 12.0 Å². The lowest BCUT2D eigenvalue weighted by Gasteiger charge is -2.31. The van der Waals surface area contributed by atoms with E-state index in [0.29, 0.717) is 13.2 Å². The Kier molecular flexibility index (Phi) is 4.41. The molecule has 0 bridgehead atoms. The van der Waals surface area contributed by atoms with Crippen molar-refractivity contribution in [3.05, 3.63) is 0 Å². The van der Waals surface area contributed by atoms with Crippen molar-refractivity contribution in [3.63, 3.8) is 0 Å². The Bertz CT molecular complexity index is 314. The van der Waals surface area contributed by atoms with Gasteiger partial charge in [-0.25, -0.2) is 4.79 Å². The highest BCUT2D eigenvalue weighted by Gasteiger charge is 2.26. The van der Waals surface area contributed by atoms with Crippen LogP contribution in [0.5, 0.6) is 0 Å². The van der Waals surface area contributed by atoms with Gasteiger partial charge in [0.1, 0.15) is 6.61 Å². The second kappa shape index (κ2) is 6.04. The molecule has 0 atom stereocenters. The molecule has 18 heavy (non-hydrogen) atoms. The molecule has 0 saturated carbocycles. The van der Waals surface area contributed by atoms with Crippen molar-refractivity contribution in [1.82, 2.24) is 15.1 Å². The highest BCUT2D eigenvalue weighted by molar-refractivity contribution is 5.78. The number of carbonyl (C=O) groups is 2. The van der Waals surface area contributed by atoms with Gasteiger partial charge in [-0.05, 0) is 25.9 Å². The maximum absolute atomic E-state index is 11.5.